The number of nitrogens with zero attached hydrogens (tertiary/aromatic N) is 2. The number of benzene rings is 2. The summed E-state index contributed by atoms with van der Waals surface area (Å²) in [5.74, 6) is -2.73. The fourth-order valence-electron chi connectivity index (χ4n) is 2.85. The van der Waals surface area contributed by atoms with E-state index in [1.54, 1.807) is 6.07 Å². The molecule has 2 aromatic carbocycles. The van der Waals surface area contributed by atoms with Crippen LogP contribution in [0.1, 0.15) is 17.2 Å². The van der Waals surface area contributed by atoms with Crippen LogP contribution < -0.4 is 10.6 Å². The summed E-state index contributed by atoms with van der Waals surface area (Å²) in [7, 11) is -4.53. The number of carbonyl (C=O) groups excluding carboxylic acids is 2. The highest BCUT2D eigenvalue weighted by Gasteiger charge is 2.38. The average molecular weight is 436 g/mol. The van der Waals surface area contributed by atoms with Crippen molar-refractivity contribution < 1.29 is 31.9 Å². The van der Waals surface area contributed by atoms with E-state index >= 15 is 0 Å². The second kappa shape index (κ2) is 8.05. The molecule has 1 atom stereocenters. The number of anilines is 1. The third-order valence-electron chi connectivity index (χ3n) is 4.29. The first-order chi connectivity index (χ1) is 14.2. The number of rotatable bonds is 5. The van der Waals surface area contributed by atoms with Gasteiger partial charge in [0.05, 0.1) is 30.0 Å². The van der Waals surface area contributed by atoms with E-state index in [0.29, 0.717) is 6.07 Å². The Bertz CT molecular complexity index is 1180. The predicted octanol–water partition coefficient (Wildman–Crippen LogP) is 1.22. The van der Waals surface area contributed by atoms with E-state index in [-0.39, 0.29) is 21.1 Å². The van der Waals surface area contributed by atoms with Gasteiger partial charge in [-0.3, -0.25) is 4.79 Å². The molecule has 2 aromatic rings. The number of hydrogen-bond acceptors (Lipinski definition) is 6. The highest BCUT2D eigenvalue weighted by atomic mass is 32.2. The first kappa shape index (κ1) is 21.2. The molecule has 0 aliphatic carbocycles. The minimum Gasteiger partial charge on any atom is -0.394 e. The molecular formula is C18H14F2N4O5S. The molecular weight excluding hydrogens is 422 g/mol. The molecule has 0 saturated carbocycles. The summed E-state index contributed by atoms with van der Waals surface area (Å²) in [4.78, 5) is 24.0. The molecule has 3 rings (SSSR count). The maximum atomic E-state index is 14.2. The van der Waals surface area contributed by atoms with Crippen LogP contribution in [0.5, 0.6) is 0 Å². The van der Waals surface area contributed by atoms with Crippen molar-refractivity contribution in [2.75, 3.05) is 18.5 Å². The predicted molar refractivity (Wildman–Crippen MR) is 98.4 cm³/mol. The Morgan fingerprint density at radius 3 is 2.63 bits per heavy atom. The number of nitrogens with one attached hydrogen (secondary N) is 2. The Hall–Kier alpha value is -3.56. The molecule has 0 unspecified atom stereocenters. The van der Waals surface area contributed by atoms with Crippen molar-refractivity contribution in [1.29, 1.82) is 5.26 Å². The molecule has 0 aromatic heterocycles. The highest BCUT2D eigenvalue weighted by Crippen LogP contribution is 2.30. The average Bonchev–Trinajstić information content (AvgIpc) is 2.70. The van der Waals surface area contributed by atoms with Gasteiger partial charge in [-0.05, 0) is 30.3 Å². The van der Waals surface area contributed by atoms with Crippen molar-refractivity contribution in [3.05, 3.63) is 59.2 Å². The van der Waals surface area contributed by atoms with Crippen molar-refractivity contribution in [2.45, 2.75) is 10.9 Å². The molecule has 3 N–H and O–H groups in total. The fourth-order valence-corrected chi connectivity index (χ4v) is 4.29. The number of hydrogen-bond donors (Lipinski definition) is 3. The van der Waals surface area contributed by atoms with Crippen LogP contribution in [0.3, 0.4) is 0 Å². The number of aliphatic hydroxyl groups is 1. The summed E-state index contributed by atoms with van der Waals surface area (Å²) in [6, 6.07) is 5.49. The SMILES string of the molecule is N#Cc1ccc([C@H](CO)NC(=O)CN2C(=O)Nc3ccc(F)cc3S2(=O)=O)c(F)c1. The second-order valence-electron chi connectivity index (χ2n) is 6.23. The second-order valence-corrected chi connectivity index (χ2v) is 8.06. The Morgan fingerprint density at radius 2 is 2.00 bits per heavy atom. The van der Waals surface area contributed by atoms with Crippen molar-refractivity contribution in [3.63, 3.8) is 0 Å². The van der Waals surface area contributed by atoms with Crippen molar-refractivity contribution >= 4 is 27.6 Å². The smallest absolute Gasteiger partial charge is 0.336 e. The van der Waals surface area contributed by atoms with Crippen LogP contribution in [0, 0.1) is 23.0 Å². The van der Waals surface area contributed by atoms with Gasteiger partial charge in [0, 0.05) is 5.56 Å². The zero-order valence-electron chi connectivity index (χ0n) is 15.1. The number of halogens is 2. The number of urea groups is 1. The topological polar surface area (TPSA) is 140 Å². The molecule has 1 aliphatic rings. The molecule has 1 aliphatic heterocycles. The van der Waals surface area contributed by atoms with Crippen LogP contribution in [0.4, 0.5) is 19.3 Å². The van der Waals surface area contributed by atoms with Gasteiger partial charge >= 0.3 is 6.03 Å². The zero-order valence-corrected chi connectivity index (χ0v) is 15.9. The lowest BCUT2D eigenvalue weighted by Gasteiger charge is -2.28. The van der Waals surface area contributed by atoms with Crippen LogP contribution in [0.2, 0.25) is 0 Å². The van der Waals surface area contributed by atoms with Gasteiger partial charge in [-0.2, -0.15) is 5.26 Å². The van der Waals surface area contributed by atoms with Crippen molar-refractivity contribution in [1.82, 2.24) is 9.62 Å². The van der Waals surface area contributed by atoms with Gasteiger partial charge in [0.15, 0.2) is 0 Å². The molecule has 9 nitrogen and oxygen atoms in total. The lowest BCUT2D eigenvalue weighted by Crippen LogP contribution is -2.49. The van der Waals surface area contributed by atoms with Crippen LogP contribution in [-0.2, 0) is 14.8 Å². The standard InChI is InChI=1S/C18H14F2N4O5S/c19-11-2-4-14-16(6-11)30(28,29)24(18(27)23-14)8-17(26)22-15(9-25)12-3-1-10(7-21)5-13(12)20/h1-6,15,25H,8-9H2,(H,22,26)(H,23,27)/t15-/m0/s1. The molecule has 3 amide bonds. The zero-order chi connectivity index (χ0) is 22.1. The molecule has 0 radical (unpaired) electrons. The van der Waals surface area contributed by atoms with Gasteiger partial charge in [0.2, 0.25) is 5.91 Å². The third kappa shape index (κ3) is 3.93. The summed E-state index contributed by atoms with van der Waals surface area (Å²) in [5.41, 5.74) is -0.240. The first-order valence-electron chi connectivity index (χ1n) is 8.40. The molecule has 1 heterocycles. The van der Waals surface area contributed by atoms with E-state index in [4.69, 9.17) is 5.26 Å². The lowest BCUT2D eigenvalue weighted by molar-refractivity contribution is -0.122. The lowest BCUT2D eigenvalue weighted by atomic mass is 10.0. The molecule has 30 heavy (non-hydrogen) atoms. The molecule has 0 spiro atoms. The number of sulfonamides is 1. The summed E-state index contributed by atoms with van der Waals surface area (Å²) in [5, 5.41) is 22.7. The summed E-state index contributed by atoms with van der Waals surface area (Å²) in [6.07, 6.45) is 0. The monoisotopic (exact) mass is 436 g/mol. The Labute approximate surface area is 169 Å². The van der Waals surface area contributed by atoms with Gasteiger partial charge < -0.3 is 15.7 Å². The van der Waals surface area contributed by atoms with Crippen LogP contribution in [0.15, 0.2) is 41.3 Å². The first-order valence-corrected chi connectivity index (χ1v) is 9.84. The minimum absolute atomic E-state index is 0.0289. The van der Waals surface area contributed by atoms with Gasteiger partial charge in [-0.15, -0.1) is 0 Å². The van der Waals surface area contributed by atoms with E-state index in [9.17, 15) is 31.9 Å². The third-order valence-corrected chi connectivity index (χ3v) is 6.06. The Balaban J connectivity index is 1.81. The van der Waals surface area contributed by atoms with E-state index in [1.165, 1.54) is 12.1 Å². The van der Waals surface area contributed by atoms with Gasteiger partial charge in [-0.1, -0.05) is 6.07 Å². The molecule has 156 valence electrons. The number of nitriles is 1. The van der Waals surface area contributed by atoms with Crippen molar-refractivity contribution in [3.8, 4) is 6.07 Å². The highest BCUT2D eigenvalue weighted by molar-refractivity contribution is 7.90. The minimum atomic E-state index is -4.53. The molecule has 0 bridgehead atoms. The number of fused-ring (bicyclic) bond motifs is 1. The van der Waals surface area contributed by atoms with Crippen LogP contribution in [0.25, 0.3) is 0 Å². The molecule has 12 heteroatoms. The Morgan fingerprint density at radius 1 is 1.27 bits per heavy atom. The van der Waals surface area contributed by atoms with E-state index in [2.05, 4.69) is 10.6 Å². The van der Waals surface area contributed by atoms with E-state index in [1.807, 2.05) is 0 Å². The summed E-state index contributed by atoms with van der Waals surface area (Å²) >= 11 is 0. The normalized spacial score (nSPS) is 15.5. The summed E-state index contributed by atoms with van der Waals surface area (Å²) < 4.78 is 53.1. The summed E-state index contributed by atoms with van der Waals surface area (Å²) in [6.45, 7) is -1.72. The number of aliphatic hydroxyl groups excluding tert-OH is 1. The van der Waals surface area contributed by atoms with Gasteiger partial charge in [-0.25, -0.2) is 26.3 Å². The van der Waals surface area contributed by atoms with Gasteiger partial charge in [0.1, 0.15) is 23.1 Å². The maximum Gasteiger partial charge on any atom is 0.336 e. The molecule has 0 fully saturated rings. The number of amides is 3. The largest absolute Gasteiger partial charge is 0.394 e. The van der Waals surface area contributed by atoms with Crippen molar-refractivity contribution in [2.24, 2.45) is 0 Å². The van der Waals surface area contributed by atoms with E-state index in [0.717, 1.165) is 18.2 Å². The molecule has 0 saturated heterocycles. The quantitative estimate of drug-likeness (QED) is 0.644. The van der Waals surface area contributed by atoms with Gasteiger partial charge in [0.25, 0.3) is 10.0 Å². The van der Waals surface area contributed by atoms with Crippen LogP contribution in [-0.4, -0.2) is 42.9 Å². The number of carbonyl (C=O) groups is 2. The van der Waals surface area contributed by atoms with Crippen LogP contribution >= 0.6 is 0 Å². The Kier molecular flexibility index (Phi) is 5.68. The van der Waals surface area contributed by atoms with E-state index < -0.39 is 57.7 Å². The fraction of sp³-hybridized carbons (Fsp3) is 0.167. The maximum absolute atomic E-state index is 14.2.